The van der Waals surface area contributed by atoms with Crippen LogP contribution >= 0.6 is 11.6 Å². The molecule has 2 rings (SSSR count). The van der Waals surface area contributed by atoms with Gasteiger partial charge in [-0.1, -0.05) is 11.6 Å². The maximum atomic E-state index is 13.1. The average Bonchev–Trinajstić information content (AvgIpc) is 3.05. The van der Waals surface area contributed by atoms with Crippen molar-refractivity contribution in [2.45, 2.75) is 19.3 Å². The molecule has 7 nitrogen and oxygen atoms in total. The molecule has 0 unspecified atom stereocenters. The summed E-state index contributed by atoms with van der Waals surface area (Å²) in [4.78, 5) is 13.7. The molecule has 0 bridgehead atoms. The number of halogens is 2. The van der Waals surface area contributed by atoms with E-state index in [-0.39, 0.29) is 0 Å². The zero-order valence-electron chi connectivity index (χ0n) is 17.1. The van der Waals surface area contributed by atoms with E-state index in [9.17, 15) is 4.39 Å². The van der Waals surface area contributed by atoms with Crippen LogP contribution in [0.1, 0.15) is 18.4 Å². The van der Waals surface area contributed by atoms with Gasteiger partial charge >= 0.3 is 6.20 Å². The van der Waals surface area contributed by atoms with Gasteiger partial charge in [0.25, 0.3) is 6.57 Å². The number of benzene rings is 1. The van der Waals surface area contributed by atoms with Crippen molar-refractivity contribution >= 4 is 23.3 Å². The van der Waals surface area contributed by atoms with Crippen LogP contribution in [0.3, 0.4) is 0 Å². The Morgan fingerprint density at radius 1 is 1.30 bits per heavy atom. The maximum absolute atomic E-state index is 13.1. The highest BCUT2D eigenvalue weighted by molar-refractivity contribution is 6.33. The molecule has 1 aromatic rings. The molecule has 0 radical (unpaired) electrons. The van der Waals surface area contributed by atoms with Gasteiger partial charge in [-0.05, 0) is 22.9 Å². The Hall–Kier alpha value is -3.23. The van der Waals surface area contributed by atoms with Crippen LogP contribution in [0.4, 0.5) is 4.39 Å². The molecule has 1 aliphatic heterocycles. The molecule has 0 saturated carbocycles. The molecule has 0 saturated heterocycles. The van der Waals surface area contributed by atoms with Gasteiger partial charge in [0.05, 0.1) is 26.4 Å². The summed E-state index contributed by atoms with van der Waals surface area (Å²) in [7, 11) is 4.50. The van der Waals surface area contributed by atoms with E-state index < -0.39 is 6.80 Å². The largest absolute Gasteiger partial charge is 0.493 e. The van der Waals surface area contributed by atoms with E-state index in [4.69, 9.17) is 38.8 Å². The number of alkyl halides is 1. The first-order valence-electron chi connectivity index (χ1n) is 9.03. The van der Waals surface area contributed by atoms with Crippen molar-refractivity contribution in [3.63, 3.8) is 0 Å². The lowest BCUT2D eigenvalue weighted by Crippen LogP contribution is -2.34. The highest BCUT2D eigenvalue weighted by atomic mass is 35.5. The van der Waals surface area contributed by atoms with Crippen molar-refractivity contribution < 1.29 is 18.6 Å². The summed E-state index contributed by atoms with van der Waals surface area (Å²) >= 11 is 6.57. The van der Waals surface area contributed by atoms with Crippen LogP contribution in [-0.2, 0) is 6.42 Å². The third-order valence-corrected chi connectivity index (χ3v) is 4.76. The maximum Gasteiger partial charge on any atom is 0.334 e. The molecule has 0 amide bonds. The van der Waals surface area contributed by atoms with Crippen molar-refractivity contribution in [3.8, 4) is 36.2 Å². The number of nitrogens with zero attached hydrogens (tertiary/aromatic N) is 4. The van der Waals surface area contributed by atoms with E-state index in [1.54, 1.807) is 11.0 Å². The van der Waals surface area contributed by atoms with Crippen LogP contribution in [0.15, 0.2) is 27.9 Å². The van der Waals surface area contributed by atoms with Gasteiger partial charge in [-0.2, -0.15) is 0 Å². The van der Waals surface area contributed by atoms with E-state index in [1.807, 2.05) is 0 Å². The Kier molecular flexibility index (Phi) is 8.52. The second-order valence-corrected chi connectivity index (χ2v) is 6.43. The molecule has 0 aromatic heterocycles. The van der Waals surface area contributed by atoms with E-state index in [0.29, 0.717) is 71.0 Å². The summed E-state index contributed by atoms with van der Waals surface area (Å²) < 4.78 is 29.2. The first kappa shape index (κ1) is 23.1. The molecule has 0 aliphatic carbocycles. The minimum atomic E-state index is -0.906. The topological polar surface area (TPSA) is 60.0 Å². The predicted molar refractivity (Wildman–Crippen MR) is 117 cm³/mol. The molecule has 0 N–H and O–H groups in total. The summed E-state index contributed by atoms with van der Waals surface area (Å²) in [5, 5.41) is 0.353. The van der Waals surface area contributed by atoms with Gasteiger partial charge in [0, 0.05) is 19.4 Å². The van der Waals surface area contributed by atoms with Crippen molar-refractivity contribution in [1.82, 2.24) is 4.90 Å². The van der Waals surface area contributed by atoms with Crippen molar-refractivity contribution in [2.75, 3.05) is 34.7 Å². The molecular formula is C21H23ClFN4O3+. The van der Waals surface area contributed by atoms with Crippen LogP contribution in [0.2, 0.25) is 5.02 Å². The second-order valence-electron chi connectivity index (χ2n) is 6.05. The standard InChI is InChI=1S/C21H23ClFN4O3/c1-6-7-8-9-27-17(26-15(12-24-2)21(27)25-13-23)11-14-10-16(28-3)19(29-4)20(30-5)18(14)22/h1-2,10,12H,7-9,11,13H2,3-5H3/q+1/b15-12+,25-21+. The lowest BCUT2D eigenvalue weighted by atomic mass is 10.1. The molecule has 1 aromatic carbocycles. The first-order chi connectivity index (χ1) is 14.6. The van der Waals surface area contributed by atoms with Gasteiger partial charge in [0.15, 0.2) is 29.8 Å². The number of methoxy groups -OCH3 is 3. The smallest absolute Gasteiger partial charge is 0.334 e. The van der Waals surface area contributed by atoms with Gasteiger partial charge in [-0.3, -0.25) is 0 Å². The fourth-order valence-corrected chi connectivity index (χ4v) is 3.35. The molecule has 30 heavy (non-hydrogen) atoms. The Labute approximate surface area is 180 Å². The lowest BCUT2D eigenvalue weighted by Gasteiger charge is -2.22. The fraction of sp³-hybridized carbons (Fsp3) is 0.381. The SMILES string of the molecule is C#CCCCN1C(Cc2cc(OC)c(OC)c(OC)c2Cl)=NC(=C/[N+]#C)/C1=N\CF. The highest BCUT2D eigenvalue weighted by Gasteiger charge is 2.31. The molecular weight excluding hydrogens is 411 g/mol. The van der Waals surface area contributed by atoms with Crippen molar-refractivity contribution in [2.24, 2.45) is 9.98 Å². The van der Waals surface area contributed by atoms with Crippen LogP contribution in [0.25, 0.3) is 4.85 Å². The third kappa shape index (κ3) is 4.84. The summed E-state index contributed by atoms with van der Waals surface area (Å²) in [6, 6.07) is 1.74. The molecule has 0 fully saturated rings. The summed E-state index contributed by atoms with van der Waals surface area (Å²) in [5.74, 6) is 4.70. The zero-order valence-corrected chi connectivity index (χ0v) is 17.9. The second kappa shape index (κ2) is 11.1. The summed E-state index contributed by atoms with van der Waals surface area (Å²) in [5.41, 5.74) is 1.03. The van der Waals surface area contributed by atoms with Crippen LogP contribution in [-0.4, -0.2) is 51.2 Å². The van der Waals surface area contributed by atoms with Gasteiger partial charge in [-0.25, -0.2) is 14.4 Å². The highest BCUT2D eigenvalue weighted by Crippen LogP contribution is 2.45. The predicted octanol–water partition coefficient (Wildman–Crippen LogP) is 4.17. The number of terminal acetylenes is 1. The number of unbranched alkanes of at least 4 members (excludes halogenated alkanes) is 1. The van der Waals surface area contributed by atoms with Gasteiger partial charge in [0.1, 0.15) is 5.84 Å². The Morgan fingerprint density at radius 2 is 2.03 bits per heavy atom. The van der Waals surface area contributed by atoms with Crippen molar-refractivity contribution in [1.29, 1.82) is 0 Å². The van der Waals surface area contributed by atoms with E-state index in [0.717, 1.165) is 0 Å². The number of amidine groups is 2. The fourth-order valence-electron chi connectivity index (χ4n) is 3.07. The number of ether oxygens (including phenoxy) is 3. The van der Waals surface area contributed by atoms with Crippen molar-refractivity contribution in [3.05, 3.63) is 33.4 Å². The molecule has 1 aliphatic rings. The zero-order chi connectivity index (χ0) is 22.1. The van der Waals surface area contributed by atoms with E-state index >= 15 is 0 Å². The van der Waals surface area contributed by atoms with Crippen LogP contribution in [0, 0.1) is 18.9 Å². The Bertz CT molecular complexity index is 960. The number of hydrogen-bond donors (Lipinski definition) is 0. The van der Waals surface area contributed by atoms with Gasteiger partial charge in [-0.15, -0.1) is 12.3 Å². The van der Waals surface area contributed by atoms with E-state index in [1.165, 1.54) is 27.5 Å². The molecule has 158 valence electrons. The third-order valence-electron chi connectivity index (χ3n) is 4.35. The van der Waals surface area contributed by atoms with Crippen LogP contribution in [0.5, 0.6) is 17.2 Å². The number of hydrogen-bond acceptors (Lipinski definition) is 5. The normalized spacial score (nSPS) is 15.7. The van der Waals surface area contributed by atoms with Gasteiger partial charge in [0.2, 0.25) is 5.75 Å². The number of aliphatic imine (C=N–C) groups is 2. The first-order valence-corrected chi connectivity index (χ1v) is 9.40. The number of rotatable bonds is 9. The minimum absolute atomic E-state index is 0.290. The average molecular weight is 434 g/mol. The summed E-state index contributed by atoms with van der Waals surface area (Å²) in [6.45, 7) is 4.87. The molecule has 1 heterocycles. The minimum Gasteiger partial charge on any atom is -0.493 e. The Balaban J connectivity index is 2.51. The van der Waals surface area contributed by atoms with Gasteiger partial charge < -0.3 is 19.1 Å². The summed E-state index contributed by atoms with van der Waals surface area (Å²) in [6.07, 6.45) is 8.20. The lowest BCUT2D eigenvalue weighted by molar-refractivity contribution is 0.324. The molecule has 0 atom stereocenters. The molecule has 0 spiro atoms. The monoisotopic (exact) mass is 433 g/mol. The van der Waals surface area contributed by atoms with E-state index in [2.05, 4.69) is 20.8 Å². The molecule has 9 heteroatoms. The van der Waals surface area contributed by atoms with Crippen LogP contribution < -0.4 is 14.2 Å². The quantitative estimate of drug-likeness (QED) is 0.333. The Morgan fingerprint density at radius 3 is 2.60 bits per heavy atom.